The zero-order valence-electron chi connectivity index (χ0n) is 19.7. The van der Waals surface area contributed by atoms with Gasteiger partial charge in [-0.05, 0) is 60.4 Å². The summed E-state index contributed by atoms with van der Waals surface area (Å²) in [5.41, 5.74) is 5.34. The third-order valence-electron chi connectivity index (χ3n) is 6.24. The van der Waals surface area contributed by atoms with E-state index in [1.807, 2.05) is 30.3 Å². The van der Waals surface area contributed by atoms with Crippen LogP contribution in [0.15, 0.2) is 79.1 Å². The van der Waals surface area contributed by atoms with Crippen molar-refractivity contribution in [1.82, 2.24) is 14.9 Å². The average molecular weight is 471 g/mol. The quantitative estimate of drug-likeness (QED) is 0.385. The van der Waals surface area contributed by atoms with Crippen molar-refractivity contribution in [2.45, 2.75) is 25.5 Å². The Hall–Kier alpha value is -3.68. The molecule has 2 aromatic carbocycles. The molecule has 0 spiro atoms. The Balaban J connectivity index is 1.30. The number of aryl methyl sites for hydroxylation is 1. The van der Waals surface area contributed by atoms with Crippen LogP contribution in [0.5, 0.6) is 0 Å². The molecule has 180 valence electrons. The number of ether oxygens (including phenoxy) is 2. The number of urea groups is 1. The molecule has 35 heavy (non-hydrogen) atoms. The van der Waals surface area contributed by atoms with Crippen molar-refractivity contribution in [2.75, 3.05) is 31.7 Å². The van der Waals surface area contributed by atoms with E-state index in [4.69, 9.17) is 9.47 Å². The fourth-order valence-electron chi connectivity index (χ4n) is 4.46. The first-order valence-electron chi connectivity index (χ1n) is 12.1. The number of hydrogen-bond donors (Lipinski definition) is 2. The number of carbonyl (C=O) groups excluding carboxylic acids is 1. The van der Waals surface area contributed by atoms with Gasteiger partial charge in [0, 0.05) is 47.8 Å². The van der Waals surface area contributed by atoms with Gasteiger partial charge in [0.05, 0.1) is 25.9 Å². The van der Waals surface area contributed by atoms with Crippen molar-refractivity contribution in [3.05, 3.63) is 84.7 Å². The Morgan fingerprint density at radius 3 is 2.69 bits per heavy atom. The predicted octanol–water partition coefficient (Wildman–Crippen LogP) is 4.87. The fraction of sp³-hybridized carbons (Fsp3) is 0.286. The van der Waals surface area contributed by atoms with Crippen molar-refractivity contribution in [3.8, 4) is 11.3 Å². The number of benzene rings is 2. The summed E-state index contributed by atoms with van der Waals surface area (Å²) in [5, 5.41) is 6.97. The summed E-state index contributed by atoms with van der Waals surface area (Å²) in [7, 11) is 0. The zero-order valence-corrected chi connectivity index (χ0v) is 19.7. The van der Waals surface area contributed by atoms with Crippen LogP contribution in [0.3, 0.4) is 0 Å². The van der Waals surface area contributed by atoms with Crippen LogP contribution in [-0.2, 0) is 22.4 Å². The largest absolute Gasteiger partial charge is 0.376 e. The lowest BCUT2D eigenvalue weighted by Gasteiger charge is -2.23. The van der Waals surface area contributed by atoms with Gasteiger partial charge in [-0.15, -0.1) is 0 Å². The molecule has 1 unspecified atom stereocenters. The van der Waals surface area contributed by atoms with Crippen LogP contribution in [0.4, 0.5) is 10.5 Å². The summed E-state index contributed by atoms with van der Waals surface area (Å²) in [4.78, 5) is 16.5. The van der Waals surface area contributed by atoms with Gasteiger partial charge < -0.3 is 24.7 Å². The van der Waals surface area contributed by atoms with Crippen molar-refractivity contribution in [1.29, 1.82) is 0 Å². The first-order chi connectivity index (χ1) is 17.3. The summed E-state index contributed by atoms with van der Waals surface area (Å²) < 4.78 is 13.8. The highest BCUT2D eigenvalue weighted by atomic mass is 16.6. The maximum absolute atomic E-state index is 12.4. The van der Waals surface area contributed by atoms with Gasteiger partial charge in [0.15, 0.2) is 0 Å². The van der Waals surface area contributed by atoms with Gasteiger partial charge in [0.2, 0.25) is 0 Å². The number of hydrogen-bond acceptors (Lipinski definition) is 4. The molecule has 2 aromatic heterocycles. The summed E-state index contributed by atoms with van der Waals surface area (Å²) in [5.74, 6) is 0. The molecule has 1 aliphatic heterocycles. The molecule has 0 bridgehead atoms. The van der Waals surface area contributed by atoms with E-state index in [2.05, 4.69) is 56.6 Å². The minimum absolute atomic E-state index is 0.113. The van der Waals surface area contributed by atoms with Crippen molar-refractivity contribution in [3.63, 3.8) is 0 Å². The van der Waals surface area contributed by atoms with Crippen LogP contribution < -0.4 is 10.6 Å². The van der Waals surface area contributed by atoms with Crippen LogP contribution >= 0.6 is 0 Å². The number of fused-ring (bicyclic) bond motifs is 1. The first-order valence-corrected chi connectivity index (χ1v) is 12.1. The normalized spacial score (nSPS) is 15.7. The molecule has 0 aliphatic carbocycles. The lowest BCUT2D eigenvalue weighted by molar-refractivity contribution is -0.0916. The third kappa shape index (κ3) is 5.88. The average Bonchev–Trinajstić information content (AvgIpc) is 3.27. The van der Waals surface area contributed by atoms with E-state index < -0.39 is 0 Å². The molecule has 3 heterocycles. The second kappa shape index (κ2) is 11.2. The summed E-state index contributed by atoms with van der Waals surface area (Å²) in [6.07, 6.45) is 5.27. The Bertz CT molecular complexity index is 1250. The van der Waals surface area contributed by atoms with Gasteiger partial charge in [0.1, 0.15) is 0 Å². The molecule has 0 saturated carbocycles. The maximum Gasteiger partial charge on any atom is 0.319 e. The Labute approximate surface area is 205 Å². The number of amides is 2. The maximum atomic E-state index is 12.4. The van der Waals surface area contributed by atoms with Gasteiger partial charge in [-0.25, -0.2) is 4.79 Å². The molecule has 0 radical (unpaired) electrons. The topological polar surface area (TPSA) is 77.4 Å². The zero-order chi connectivity index (χ0) is 23.9. The van der Waals surface area contributed by atoms with E-state index in [1.54, 1.807) is 12.4 Å². The Morgan fingerprint density at radius 1 is 1.03 bits per heavy atom. The molecular weight excluding hydrogens is 440 g/mol. The van der Waals surface area contributed by atoms with Crippen molar-refractivity contribution >= 4 is 22.6 Å². The fourth-order valence-corrected chi connectivity index (χ4v) is 4.46. The van der Waals surface area contributed by atoms with E-state index >= 15 is 0 Å². The molecule has 5 rings (SSSR count). The molecule has 1 aliphatic rings. The SMILES string of the molecule is O=C(NCCc1ccncc1)Nc1ccc2c(c1)cc(-c1ccccc1)n2CCC1COCCO1. The number of nitrogens with zero attached hydrogens (tertiary/aromatic N) is 2. The minimum atomic E-state index is -0.212. The Morgan fingerprint density at radius 2 is 1.89 bits per heavy atom. The number of nitrogens with one attached hydrogen (secondary N) is 2. The number of carbonyl (C=O) groups is 1. The van der Waals surface area contributed by atoms with E-state index in [-0.39, 0.29) is 12.1 Å². The molecule has 7 heteroatoms. The molecule has 1 saturated heterocycles. The van der Waals surface area contributed by atoms with Gasteiger partial charge in [-0.3, -0.25) is 4.98 Å². The summed E-state index contributed by atoms with van der Waals surface area (Å²) in [6, 6.07) is 22.3. The highest BCUT2D eigenvalue weighted by Gasteiger charge is 2.17. The van der Waals surface area contributed by atoms with Crippen LogP contribution in [-0.4, -0.2) is 48.1 Å². The summed E-state index contributed by atoms with van der Waals surface area (Å²) >= 11 is 0. The van der Waals surface area contributed by atoms with Crippen LogP contribution in [0.25, 0.3) is 22.2 Å². The number of rotatable bonds is 8. The second-order valence-corrected chi connectivity index (χ2v) is 8.66. The van der Waals surface area contributed by atoms with Gasteiger partial charge in [-0.1, -0.05) is 30.3 Å². The van der Waals surface area contributed by atoms with Crippen molar-refractivity contribution in [2.24, 2.45) is 0 Å². The van der Waals surface area contributed by atoms with Crippen molar-refractivity contribution < 1.29 is 14.3 Å². The van der Waals surface area contributed by atoms with Gasteiger partial charge in [-0.2, -0.15) is 0 Å². The highest BCUT2D eigenvalue weighted by Crippen LogP contribution is 2.31. The monoisotopic (exact) mass is 470 g/mol. The smallest absolute Gasteiger partial charge is 0.319 e. The van der Waals surface area contributed by atoms with Gasteiger partial charge in [0.25, 0.3) is 0 Å². The standard InChI is InChI=1S/C28H30N4O3/c33-28(30-14-10-21-8-12-29-13-9-21)31-24-6-7-26-23(18-24)19-27(22-4-2-1-3-5-22)32(26)15-11-25-20-34-16-17-35-25/h1-9,12-13,18-19,25H,10-11,14-17,20H2,(H2,30,31,33). The first kappa shape index (κ1) is 23.1. The van der Waals surface area contributed by atoms with E-state index in [0.717, 1.165) is 52.8 Å². The van der Waals surface area contributed by atoms with Crippen LogP contribution in [0.2, 0.25) is 0 Å². The number of pyridine rings is 1. The molecule has 2 amide bonds. The van der Waals surface area contributed by atoms with Gasteiger partial charge >= 0.3 is 6.03 Å². The summed E-state index contributed by atoms with van der Waals surface area (Å²) in [6.45, 7) is 3.35. The molecule has 2 N–H and O–H groups in total. The van der Waals surface area contributed by atoms with E-state index in [9.17, 15) is 4.79 Å². The second-order valence-electron chi connectivity index (χ2n) is 8.66. The van der Waals surface area contributed by atoms with E-state index in [1.165, 1.54) is 0 Å². The number of aromatic nitrogens is 2. The van der Waals surface area contributed by atoms with E-state index in [0.29, 0.717) is 26.4 Å². The molecule has 1 atom stereocenters. The molecular formula is C28H30N4O3. The lowest BCUT2D eigenvalue weighted by atomic mass is 10.1. The van der Waals surface area contributed by atoms with Crippen LogP contribution in [0, 0.1) is 0 Å². The third-order valence-corrected chi connectivity index (χ3v) is 6.24. The minimum Gasteiger partial charge on any atom is -0.376 e. The Kier molecular flexibility index (Phi) is 7.36. The lowest BCUT2D eigenvalue weighted by Crippen LogP contribution is -2.30. The molecule has 7 nitrogen and oxygen atoms in total. The number of anilines is 1. The highest BCUT2D eigenvalue weighted by molar-refractivity contribution is 5.94. The van der Waals surface area contributed by atoms with Crippen LogP contribution in [0.1, 0.15) is 12.0 Å². The molecule has 1 fully saturated rings. The predicted molar refractivity (Wildman–Crippen MR) is 138 cm³/mol. The molecule has 4 aromatic rings.